The second-order valence-electron chi connectivity index (χ2n) is 4.84. The van der Waals surface area contributed by atoms with Gasteiger partial charge in [0, 0.05) is 16.2 Å². The molecule has 0 aliphatic heterocycles. The van der Waals surface area contributed by atoms with Crippen molar-refractivity contribution in [2.75, 3.05) is 5.75 Å². The first-order valence-electron chi connectivity index (χ1n) is 6.85. The Bertz CT molecular complexity index is 597. The number of ether oxygens (including phenoxy) is 1. The molecule has 1 N–H and O–H groups in total. The number of hydrogen-bond donors (Lipinski definition) is 1. The topological polar surface area (TPSA) is 41.8 Å². The molecule has 0 saturated carbocycles. The molecule has 2 aromatic carbocycles. The highest BCUT2D eigenvalue weighted by atomic mass is 32.2. The van der Waals surface area contributed by atoms with Gasteiger partial charge in [-0.2, -0.15) is 0 Å². The standard InChI is InChI=1S/C17H19NO2S/c1-13(2)20-15-8-6-7-14(11-15)17(18-19)12-21-16-9-4-3-5-10-16/h3-11,13,19H,12H2,1-2H3/b18-17-. The number of rotatable bonds is 6. The monoisotopic (exact) mass is 301 g/mol. The SMILES string of the molecule is CC(C)Oc1cccc(/C(CSc2ccccc2)=N\O)c1. The molecule has 2 aromatic rings. The Morgan fingerprint density at radius 2 is 1.90 bits per heavy atom. The van der Waals surface area contributed by atoms with Gasteiger partial charge in [0.15, 0.2) is 0 Å². The molecule has 0 aliphatic rings. The molecule has 0 atom stereocenters. The van der Waals surface area contributed by atoms with Gasteiger partial charge in [-0.15, -0.1) is 11.8 Å². The number of benzene rings is 2. The van der Waals surface area contributed by atoms with Crippen molar-refractivity contribution in [3.63, 3.8) is 0 Å². The van der Waals surface area contributed by atoms with E-state index in [1.165, 1.54) is 0 Å². The van der Waals surface area contributed by atoms with E-state index in [4.69, 9.17) is 4.74 Å². The molecule has 0 aromatic heterocycles. The molecule has 21 heavy (non-hydrogen) atoms. The summed E-state index contributed by atoms with van der Waals surface area (Å²) in [6.45, 7) is 3.97. The summed E-state index contributed by atoms with van der Waals surface area (Å²) in [7, 11) is 0. The van der Waals surface area contributed by atoms with Crippen molar-refractivity contribution < 1.29 is 9.94 Å². The van der Waals surface area contributed by atoms with Crippen LogP contribution >= 0.6 is 11.8 Å². The maximum absolute atomic E-state index is 9.26. The Morgan fingerprint density at radius 1 is 1.14 bits per heavy atom. The highest BCUT2D eigenvalue weighted by molar-refractivity contribution is 8.00. The Kier molecular flexibility index (Phi) is 5.69. The third-order valence-corrected chi connectivity index (χ3v) is 3.80. The lowest BCUT2D eigenvalue weighted by atomic mass is 10.1. The smallest absolute Gasteiger partial charge is 0.120 e. The minimum atomic E-state index is 0.119. The molecule has 0 spiro atoms. The van der Waals surface area contributed by atoms with Crippen LogP contribution in [0, 0.1) is 0 Å². The van der Waals surface area contributed by atoms with Crippen LogP contribution in [0.15, 0.2) is 64.6 Å². The molecule has 0 aliphatic carbocycles. The second-order valence-corrected chi connectivity index (χ2v) is 5.89. The lowest BCUT2D eigenvalue weighted by Crippen LogP contribution is -2.08. The fourth-order valence-corrected chi connectivity index (χ4v) is 2.74. The van der Waals surface area contributed by atoms with Gasteiger partial charge in [0.1, 0.15) is 5.75 Å². The van der Waals surface area contributed by atoms with Gasteiger partial charge in [-0.05, 0) is 38.1 Å². The average Bonchev–Trinajstić information content (AvgIpc) is 2.49. The molecule has 110 valence electrons. The van der Waals surface area contributed by atoms with Gasteiger partial charge in [0.25, 0.3) is 0 Å². The molecule has 3 nitrogen and oxygen atoms in total. The van der Waals surface area contributed by atoms with Crippen molar-refractivity contribution in [1.82, 2.24) is 0 Å². The van der Waals surface area contributed by atoms with Crippen LogP contribution in [0.5, 0.6) is 5.75 Å². The van der Waals surface area contributed by atoms with E-state index in [1.54, 1.807) is 11.8 Å². The Balaban J connectivity index is 2.07. The van der Waals surface area contributed by atoms with Crippen molar-refractivity contribution in [1.29, 1.82) is 0 Å². The lowest BCUT2D eigenvalue weighted by molar-refractivity contribution is 0.242. The molecule has 0 amide bonds. The molecular formula is C17H19NO2S. The van der Waals surface area contributed by atoms with Crippen LogP contribution < -0.4 is 4.74 Å². The molecule has 0 unspecified atom stereocenters. The van der Waals surface area contributed by atoms with Crippen LogP contribution in [0.25, 0.3) is 0 Å². The predicted octanol–water partition coefficient (Wildman–Crippen LogP) is 4.44. The van der Waals surface area contributed by atoms with Crippen molar-refractivity contribution in [3.8, 4) is 5.75 Å². The summed E-state index contributed by atoms with van der Waals surface area (Å²) in [4.78, 5) is 1.15. The largest absolute Gasteiger partial charge is 0.491 e. The number of nitrogens with zero attached hydrogens (tertiary/aromatic N) is 1. The summed E-state index contributed by atoms with van der Waals surface area (Å²) in [5.41, 5.74) is 1.51. The van der Waals surface area contributed by atoms with Crippen LogP contribution in [0.1, 0.15) is 19.4 Å². The normalized spacial score (nSPS) is 11.7. The summed E-state index contributed by atoms with van der Waals surface area (Å²) in [5.74, 6) is 1.39. The third-order valence-electron chi connectivity index (χ3n) is 2.78. The summed E-state index contributed by atoms with van der Waals surface area (Å²) in [6.07, 6.45) is 0.119. The maximum Gasteiger partial charge on any atom is 0.120 e. The van der Waals surface area contributed by atoms with E-state index in [0.717, 1.165) is 16.2 Å². The zero-order chi connectivity index (χ0) is 15.1. The summed E-state index contributed by atoms with van der Waals surface area (Å²) >= 11 is 1.64. The Hall–Kier alpha value is -1.94. The van der Waals surface area contributed by atoms with E-state index in [1.807, 2.05) is 68.4 Å². The van der Waals surface area contributed by atoms with E-state index in [0.29, 0.717) is 11.5 Å². The molecular weight excluding hydrogens is 282 g/mol. The van der Waals surface area contributed by atoms with Crippen LogP contribution in [0.3, 0.4) is 0 Å². The van der Waals surface area contributed by atoms with Crippen molar-refractivity contribution in [2.45, 2.75) is 24.8 Å². The van der Waals surface area contributed by atoms with Crippen molar-refractivity contribution in [3.05, 3.63) is 60.2 Å². The van der Waals surface area contributed by atoms with Gasteiger partial charge >= 0.3 is 0 Å². The molecule has 0 bridgehead atoms. The van der Waals surface area contributed by atoms with Gasteiger partial charge in [0.2, 0.25) is 0 Å². The third kappa shape index (κ3) is 4.83. The first-order chi connectivity index (χ1) is 10.2. The molecule has 0 saturated heterocycles. The van der Waals surface area contributed by atoms with E-state index in [9.17, 15) is 5.21 Å². The molecule has 2 rings (SSSR count). The fraction of sp³-hybridized carbons (Fsp3) is 0.235. The van der Waals surface area contributed by atoms with Gasteiger partial charge in [-0.25, -0.2) is 0 Å². The Morgan fingerprint density at radius 3 is 2.57 bits per heavy atom. The van der Waals surface area contributed by atoms with Crippen LogP contribution in [-0.4, -0.2) is 22.8 Å². The van der Waals surface area contributed by atoms with Gasteiger partial charge in [0.05, 0.1) is 11.8 Å². The second kappa shape index (κ2) is 7.74. The molecule has 4 heteroatoms. The molecule has 0 radical (unpaired) electrons. The predicted molar refractivity (Wildman–Crippen MR) is 87.7 cm³/mol. The van der Waals surface area contributed by atoms with E-state index in [-0.39, 0.29) is 6.10 Å². The van der Waals surface area contributed by atoms with Crippen LogP contribution in [0.2, 0.25) is 0 Å². The van der Waals surface area contributed by atoms with Gasteiger partial charge < -0.3 is 9.94 Å². The highest BCUT2D eigenvalue weighted by Gasteiger charge is 2.07. The van der Waals surface area contributed by atoms with Crippen molar-refractivity contribution in [2.24, 2.45) is 5.16 Å². The number of oxime groups is 1. The lowest BCUT2D eigenvalue weighted by Gasteiger charge is -2.11. The number of hydrogen-bond acceptors (Lipinski definition) is 4. The summed E-state index contributed by atoms with van der Waals surface area (Å²) < 4.78 is 5.67. The average molecular weight is 301 g/mol. The zero-order valence-corrected chi connectivity index (χ0v) is 13.0. The minimum Gasteiger partial charge on any atom is -0.491 e. The van der Waals surface area contributed by atoms with Gasteiger partial charge in [-0.3, -0.25) is 0 Å². The van der Waals surface area contributed by atoms with Crippen LogP contribution in [0.4, 0.5) is 0 Å². The van der Waals surface area contributed by atoms with E-state index in [2.05, 4.69) is 5.16 Å². The quantitative estimate of drug-likeness (QED) is 0.371. The summed E-state index contributed by atoms with van der Waals surface area (Å²) in [6, 6.07) is 17.7. The van der Waals surface area contributed by atoms with Crippen LogP contribution in [-0.2, 0) is 0 Å². The zero-order valence-electron chi connectivity index (χ0n) is 12.2. The first kappa shape index (κ1) is 15.4. The molecule has 0 heterocycles. The van der Waals surface area contributed by atoms with E-state index < -0.39 is 0 Å². The highest BCUT2D eigenvalue weighted by Crippen LogP contribution is 2.21. The maximum atomic E-state index is 9.26. The summed E-state index contributed by atoms with van der Waals surface area (Å²) in [5, 5.41) is 12.7. The first-order valence-corrected chi connectivity index (χ1v) is 7.83. The van der Waals surface area contributed by atoms with E-state index >= 15 is 0 Å². The fourth-order valence-electron chi connectivity index (χ4n) is 1.86. The minimum absolute atomic E-state index is 0.119. The Labute approximate surface area is 129 Å². The number of thioether (sulfide) groups is 1. The van der Waals surface area contributed by atoms with Crippen molar-refractivity contribution >= 4 is 17.5 Å². The molecule has 0 fully saturated rings. The van der Waals surface area contributed by atoms with Gasteiger partial charge in [-0.1, -0.05) is 35.5 Å².